The second kappa shape index (κ2) is 9.06. The van der Waals surface area contributed by atoms with Crippen molar-refractivity contribution < 1.29 is 42.5 Å². The van der Waals surface area contributed by atoms with E-state index in [1.54, 1.807) is 0 Å². The molecule has 2 heterocycles. The zero-order chi connectivity index (χ0) is 27.0. The lowest BCUT2D eigenvalue weighted by Crippen LogP contribution is -2.60. The van der Waals surface area contributed by atoms with Crippen LogP contribution in [0.4, 0.5) is 33.9 Å². The van der Waals surface area contributed by atoms with Gasteiger partial charge in [0.1, 0.15) is 10.7 Å². The van der Waals surface area contributed by atoms with Gasteiger partial charge in [0, 0.05) is 36.7 Å². The molecule has 1 fully saturated rings. The zero-order valence-corrected chi connectivity index (χ0v) is 20.1. The second-order valence-electron chi connectivity index (χ2n) is 8.26. The molecule has 15 heteroatoms. The topological polar surface area (TPSA) is 71.5 Å². The Bertz CT molecular complexity index is 1150. The Hall–Kier alpha value is -2.58. The van der Waals surface area contributed by atoms with Gasteiger partial charge in [-0.25, -0.2) is 8.78 Å². The van der Waals surface area contributed by atoms with E-state index < -0.39 is 55.7 Å². The summed E-state index contributed by atoms with van der Waals surface area (Å²) < 4.78 is 99.5. The molecule has 0 saturated carbocycles. The van der Waals surface area contributed by atoms with Crippen LogP contribution in [0.5, 0.6) is 0 Å². The number of anilines is 1. The lowest BCUT2D eigenvalue weighted by molar-refractivity contribution is -0.132. The minimum absolute atomic E-state index is 0.000730. The van der Waals surface area contributed by atoms with E-state index in [4.69, 9.17) is 16.3 Å². The fourth-order valence-corrected chi connectivity index (χ4v) is 4.51. The van der Waals surface area contributed by atoms with Crippen LogP contribution in [0.25, 0.3) is 0 Å². The highest BCUT2D eigenvalue weighted by Gasteiger charge is 2.65. The molecule has 0 radical (unpaired) electrons. The molecule has 36 heavy (non-hydrogen) atoms. The number of alkyl halides is 2. The van der Waals surface area contributed by atoms with Gasteiger partial charge in [-0.15, -0.1) is 0 Å². The molecular weight excluding hydrogens is 543 g/mol. The number of nitrogens with one attached hydrogen (secondary N) is 1. The molecular formula is C21H21ClF7N3O3S. The molecule has 1 N–H and O–H groups in total. The lowest BCUT2D eigenvalue weighted by Gasteiger charge is -2.42. The van der Waals surface area contributed by atoms with Gasteiger partial charge in [0.05, 0.1) is 6.20 Å². The predicted molar refractivity (Wildman–Crippen MR) is 120 cm³/mol. The Morgan fingerprint density at radius 1 is 1.14 bits per heavy atom. The summed E-state index contributed by atoms with van der Waals surface area (Å²) >= 11 is 5.35. The number of carbonyl (C=O) groups is 2. The first-order chi connectivity index (χ1) is 16.4. The van der Waals surface area contributed by atoms with E-state index in [2.05, 4.69) is 10.3 Å². The summed E-state index contributed by atoms with van der Waals surface area (Å²) in [5.41, 5.74) is -5.98. The van der Waals surface area contributed by atoms with E-state index >= 15 is 0 Å². The number of hydrogen-bond acceptors (Lipinski definition) is 4. The SMILES string of the molecule is C[C@@](C(=O)NC1CCOCC1)(c1cncc(F)c1)N(C(=O)[C@H](F)Cl)c1ccc(S(F)(F)(F)(F)F)cc1. The third-order valence-corrected chi connectivity index (χ3v) is 7.01. The van der Waals surface area contributed by atoms with Crippen molar-refractivity contribution in [1.29, 1.82) is 0 Å². The van der Waals surface area contributed by atoms with Gasteiger partial charge in [-0.1, -0.05) is 31.0 Å². The number of carbonyl (C=O) groups excluding carboxylic acids is 2. The maximum atomic E-state index is 14.1. The third-order valence-electron chi connectivity index (χ3n) is 5.66. The number of benzene rings is 1. The van der Waals surface area contributed by atoms with E-state index in [1.165, 1.54) is 0 Å². The maximum Gasteiger partial charge on any atom is 0.310 e. The van der Waals surface area contributed by atoms with Gasteiger partial charge in [0.15, 0.2) is 5.54 Å². The van der Waals surface area contributed by atoms with Crippen molar-refractivity contribution in [2.45, 2.75) is 41.9 Å². The van der Waals surface area contributed by atoms with Crippen molar-refractivity contribution in [2.24, 2.45) is 0 Å². The van der Waals surface area contributed by atoms with E-state index in [9.17, 15) is 37.8 Å². The van der Waals surface area contributed by atoms with E-state index in [1.807, 2.05) is 0 Å². The van der Waals surface area contributed by atoms with Gasteiger partial charge in [-0.2, -0.15) is 0 Å². The van der Waals surface area contributed by atoms with Gasteiger partial charge in [-0.3, -0.25) is 19.5 Å². The fraction of sp³-hybridized carbons (Fsp3) is 0.381. The number of pyridine rings is 1. The van der Waals surface area contributed by atoms with E-state index in [-0.39, 0.29) is 17.7 Å². The van der Waals surface area contributed by atoms with Gasteiger partial charge >= 0.3 is 10.2 Å². The van der Waals surface area contributed by atoms with Crippen LogP contribution < -0.4 is 10.2 Å². The summed E-state index contributed by atoms with van der Waals surface area (Å²) in [5, 5.41) is 2.65. The molecule has 1 aliphatic rings. The largest absolute Gasteiger partial charge is 0.381 e. The van der Waals surface area contributed by atoms with Crippen molar-refractivity contribution >= 4 is 39.3 Å². The standard InChI is InChI=1S/C21H21ClF7N3O3S/c1-21(13-10-14(23)12-30-11-13,20(34)31-15-6-8-35-9-7-15)32(19(33)18(22)24)16-2-4-17(5-3-16)36(25,26,27,28)29/h2-5,10-12,15,18H,6-9H2,1H3,(H,31,34)/t18-,21-/m0/s1. The number of ether oxygens (including phenoxy) is 1. The Balaban J connectivity index is 2.18. The third kappa shape index (κ3) is 6.03. The first-order valence-electron chi connectivity index (χ1n) is 10.4. The molecule has 3 rings (SSSR count). The molecule has 0 spiro atoms. The van der Waals surface area contributed by atoms with Crippen LogP contribution in [-0.4, -0.2) is 41.7 Å². The number of rotatable bonds is 7. The van der Waals surface area contributed by atoms with Crippen LogP contribution in [-0.2, 0) is 19.9 Å². The maximum absolute atomic E-state index is 14.1. The number of nitrogens with zero attached hydrogens (tertiary/aromatic N) is 2. The average molecular weight is 564 g/mol. The molecule has 0 bridgehead atoms. The van der Waals surface area contributed by atoms with Crippen LogP contribution in [0.15, 0.2) is 47.6 Å². The van der Waals surface area contributed by atoms with E-state index in [0.29, 0.717) is 43.1 Å². The van der Waals surface area contributed by atoms with Crippen LogP contribution in [0, 0.1) is 5.82 Å². The van der Waals surface area contributed by atoms with Gasteiger partial charge in [0.2, 0.25) is 0 Å². The highest BCUT2D eigenvalue weighted by atomic mass is 35.5. The predicted octanol–water partition coefficient (Wildman–Crippen LogP) is 5.96. The molecule has 1 aromatic carbocycles. The Kier molecular flexibility index (Phi) is 7.05. The highest BCUT2D eigenvalue weighted by molar-refractivity contribution is 8.45. The smallest absolute Gasteiger partial charge is 0.310 e. The molecule has 0 unspecified atom stereocenters. The van der Waals surface area contributed by atoms with Crippen molar-refractivity contribution in [3.05, 3.63) is 54.1 Å². The Morgan fingerprint density at radius 2 is 1.72 bits per heavy atom. The lowest BCUT2D eigenvalue weighted by atomic mass is 9.88. The number of aromatic nitrogens is 1. The van der Waals surface area contributed by atoms with Gasteiger partial charge in [-0.05, 0) is 50.1 Å². The second-order valence-corrected chi connectivity index (χ2v) is 11.1. The van der Waals surface area contributed by atoms with Crippen molar-refractivity contribution in [3.63, 3.8) is 0 Å². The summed E-state index contributed by atoms with van der Waals surface area (Å²) in [6, 6.07) is 1.30. The van der Waals surface area contributed by atoms with Crippen molar-refractivity contribution in [3.8, 4) is 0 Å². The van der Waals surface area contributed by atoms with Crippen LogP contribution in [0.2, 0.25) is 0 Å². The zero-order valence-electron chi connectivity index (χ0n) is 18.6. The molecule has 200 valence electrons. The average Bonchev–Trinajstić information content (AvgIpc) is 2.78. The van der Waals surface area contributed by atoms with Gasteiger partial charge in [0.25, 0.3) is 17.4 Å². The molecule has 6 nitrogen and oxygen atoms in total. The van der Waals surface area contributed by atoms with Crippen LogP contribution >= 0.6 is 21.8 Å². The highest BCUT2D eigenvalue weighted by Crippen LogP contribution is 3.02. The van der Waals surface area contributed by atoms with E-state index in [0.717, 1.165) is 25.4 Å². The number of amides is 2. The Morgan fingerprint density at radius 3 is 2.22 bits per heavy atom. The summed E-state index contributed by atoms with van der Waals surface area (Å²) in [6.45, 7) is 1.68. The van der Waals surface area contributed by atoms with Gasteiger partial charge < -0.3 is 10.1 Å². The number of halogens is 8. The summed E-state index contributed by atoms with van der Waals surface area (Å²) in [7, 11) is -10.1. The summed E-state index contributed by atoms with van der Waals surface area (Å²) in [5.74, 6) is -3.51. The van der Waals surface area contributed by atoms with Crippen molar-refractivity contribution in [2.75, 3.05) is 18.1 Å². The molecule has 2 atom stereocenters. The van der Waals surface area contributed by atoms with Crippen LogP contribution in [0.3, 0.4) is 0 Å². The molecule has 2 amide bonds. The fourth-order valence-electron chi connectivity index (χ4n) is 3.76. The molecule has 1 aromatic heterocycles. The first kappa shape index (κ1) is 28.0. The minimum Gasteiger partial charge on any atom is -0.381 e. The number of hydrogen-bond donors (Lipinski definition) is 1. The quantitative estimate of drug-likeness (QED) is 0.333. The normalized spacial score (nSPS) is 19.4. The molecule has 1 aliphatic heterocycles. The monoisotopic (exact) mass is 563 g/mol. The first-order valence-corrected chi connectivity index (χ1v) is 12.8. The summed E-state index contributed by atoms with van der Waals surface area (Å²) in [4.78, 5) is 28.2. The molecule has 1 saturated heterocycles. The minimum atomic E-state index is -10.1. The Labute approximate surface area is 206 Å². The van der Waals surface area contributed by atoms with Crippen molar-refractivity contribution in [1.82, 2.24) is 10.3 Å². The molecule has 2 aromatic rings. The summed E-state index contributed by atoms with van der Waals surface area (Å²) in [6.07, 6.45) is 2.53. The molecule has 0 aliphatic carbocycles. The van der Waals surface area contributed by atoms with Crippen LogP contribution in [0.1, 0.15) is 25.3 Å².